The van der Waals surface area contributed by atoms with Crippen LogP contribution in [0.2, 0.25) is 0 Å². The Morgan fingerprint density at radius 1 is 1.33 bits per heavy atom. The third kappa shape index (κ3) is 4.09. The van der Waals surface area contributed by atoms with Gasteiger partial charge >= 0.3 is 0 Å². The molecule has 1 aliphatic carbocycles. The Bertz CT molecular complexity index is 616. The van der Waals surface area contributed by atoms with Gasteiger partial charge in [-0.3, -0.25) is 4.79 Å². The number of carbonyl (C=O) groups is 1. The maximum atomic E-state index is 12.4. The summed E-state index contributed by atoms with van der Waals surface area (Å²) in [5.41, 5.74) is 0.250. The van der Waals surface area contributed by atoms with Gasteiger partial charge in [0.1, 0.15) is 12.0 Å². The summed E-state index contributed by atoms with van der Waals surface area (Å²) in [7, 11) is 0. The zero-order valence-corrected chi connectivity index (χ0v) is 13.4. The van der Waals surface area contributed by atoms with Crippen LogP contribution >= 0.6 is 15.9 Å². The summed E-state index contributed by atoms with van der Waals surface area (Å²) in [6.45, 7) is 0.0408. The molecule has 0 aromatic heterocycles. The fourth-order valence-electron chi connectivity index (χ4n) is 2.61. The molecule has 0 radical (unpaired) electrons. The molecule has 0 spiro atoms. The van der Waals surface area contributed by atoms with Crippen LogP contribution in [0.5, 0.6) is 0 Å². The third-order valence-corrected chi connectivity index (χ3v) is 4.23. The van der Waals surface area contributed by atoms with E-state index < -0.39 is 5.41 Å². The molecule has 1 aliphatic rings. The lowest BCUT2D eigenvalue weighted by Gasteiger charge is -2.30. The van der Waals surface area contributed by atoms with Crippen molar-refractivity contribution in [3.8, 4) is 17.9 Å². The van der Waals surface area contributed by atoms with E-state index in [1.54, 1.807) is 0 Å². The summed E-state index contributed by atoms with van der Waals surface area (Å²) in [6.07, 6.45) is 4.70. The normalized spacial score (nSPS) is 16.2. The molecule has 0 atom stereocenters. The van der Waals surface area contributed by atoms with Crippen molar-refractivity contribution in [1.82, 2.24) is 5.32 Å². The van der Waals surface area contributed by atoms with Crippen LogP contribution in [0.15, 0.2) is 28.7 Å². The highest BCUT2D eigenvalue weighted by Gasteiger charge is 2.37. The molecule has 0 aliphatic heterocycles. The number of hydrogen-bond acceptors (Lipinski definition) is 2. The highest BCUT2D eigenvalue weighted by atomic mass is 79.9. The summed E-state index contributed by atoms with van der Waals surface area (Å²) in [6, 6.07) is 9.70. The lowest BCUT2D eigenvalue weighted by molar-refractivity contribution is -0.129. The lowest BCUT2D eigenvalue weighted by Crippen LogP contribution is -2.41. The zero-order valence-electron chi connectivity index (χ0n) is 11.8. The molecule has 0 saturated heterocycles. The summed E-state index contributed by atoms with van der Waals surface area (Å²) >= 11 is 3.42. The molecule has 1 fully saturated rings. The lowest BCUT2D eigenvalue weighted by atomic mass is 9.73. The van der Waals surface area contributed by atoms with E-state index in [-0.39, 0.29) is 12.5 Å². The van der Waals surface area contributed by atoms with Gasteiger partial charge in [-0.15, -0.1) is 0 Å². The Labute approximate surface area is 133 Å². The van der Waals surface area contributed by atoms with Crippen molar-refractivity contribution in [2.45, 2.75) is 32.1 Å². The summed E-state index contributed by atoms with van der Waals surface area (Å²) in [5.74, 6) is 6.22. The molecule has 1 aromatic rings. The zero-order chi connectivity index (χ0) is 15.1. The van der Waals surface area contributed by atoms with Crippen molar-refractivity contribution < 1.29 is 4.79 Å². The summed E-state index contributed by atoms with van der Waals surface area (Å²) in [5, 5.41) is 11.3. The summed E-state index contributed by atoms with van der Waals surface area (Å²) < 4.78 is 0.973. The van der Waals surface area contributed by atoms with Crippen LogP contribution in [0.1, 0.15) is 37.7 Å². The van der Waals surface area contributed by atoms with Crippen LogP contribution in [0.4, 0.5) is 0 Å². The maximum Gasteiger partial charge on any atom is 0.239 e. The van der Waals surface area contributed by atoms with Crippen molar-refractivity contribution in [3.05, 3.63) is 34.3 Å². The van der Waals surface area contributed by atoms with E-state index in [0.717, 1.165) is 42.1 Å². The second-order valence-electron chi connectivity index (χ2n) is 5.24. The molecule has 1 N–H and O–H groups in total. The Kier molecular flexibility index (Phi) is 5.42. The topological polar surface area (TPSA) is 52.9 Å². The molecule has 0 unspecified atom stereocenters. The van der Waals surface area contributed by atoms with Gasteiger partial charge in [-0.25, -0.2) is 0 Å². The fourth-order valence-corrected chi connectivity index (χ4v) is 3.01. The van der Waals surface area contributed by atoms with Gasteiger partial charge in [0.2, 0.25) is 5.91 Å². The molecule has 2 rings (SSSR count). The Morgan fingerprint density at radius 2 is 2.10 bits per heavy atom. The van der Waals surface area contributed by atoms with Crippen LogP contribution in [-0.4, -0.2) is 12.5 Å². The second kappa shape index (κ2) is 7.29. The minimum Gasteiger partial charge on any atom is -0.342 e. The molecular formula is C17H17BrN2O. The quantitative estimate of drug-likeness (QED) is 0.660. The molecule has 108 valence electrons. The second-order valence-corrected chi connectivity index (χ2v) is 6.16. The number of rotatable bonds is 2. The van der Waals surface area contributed by atoms with Crippen LogP contribution in [0, 0.1) is 28.6 Å². The first kappa shape index (κ1) is 15.6. The first-order valence-electron chi connectivity index (χ1n) is 7.10. The van der Waals surface area contributed by atoms with Crippen molar-refractivity contribution >= 4 is 21.8 Å². The maximum absolute atomic E-state index is 12.4. The van der Waals surface area contributed by atoms with Crippen LogP contribution in [0.3, 0.4) is 0 Å². The van der Waals surface area contributed by atoms with Gasteiger partial charge in [0.15, 0.2) is 0 Å². The molecule has 0 heterocycles. The van der Waals surface area contributed by atoms with Gasteiger partial charge in [0.25, 0.3) is 0 Å². The Balaban J connectivity index is 2.25. The van der Waals surface area contributed by atoms with E-state index in [4.69, 9.17) is 5.26 Å². The largest absolute Gasteiger partial charge is 0.342 e. The van der Waals surface area contributed by atoms with Gasteiger partial charge in [-0.05, 0) is 31.0 Å². The number of carbonyl (C=O) groups excluding carboxylic acids is 1. The smallest absolute Gasteiger partial charge is 0.239 e. The van der Waals surface area contributed by atoms with Crippen LogP contribution in [0.25, 0.3) is 0 Å². The first-order chi connectivity index (χ1) is 10.2. The van der Waals surface area contributed by atoms with Gasteiger partial charge in [0, 0.05) is 10.0 Å². The van der Waals surface area contributed by atoms with Crippen LogP contribution < -0.4 is 5.32 Å². The molecule has 1 saturated carbocycles. The average Bonchev–Trinajstić information content (AvgIpc) is 2.51. The molecule has 0 bridgehead atoms. The highest BCUT2D eigenvalue weighted by molar-refractivity contribution is 9.10. The van der Waals surface area contributed by atoms with Crippen molar-refractivity contribution in [2.75, 3.05) is 6.54 Å². The van der Waals surface area contributed by atoms with Crippen LogP contribution in [-0.2, 0) is 4.79 Å². The van der Waals surface area contributed by atoms with Gasteiger partial charge in [-0.1, -0.05) is 53.1 Å². The number of benzene rings is 1. The minimum atomic E-state index is -0.641. The van der Waals surface area contributed by atoms with Crippen molar-refractivity contribution in [3.63, 3.8) is 0 Å². The predicted molar refractivity (Wildman–Crippen MR) is 85.2 cm³/mol. The fraction of sp³-hybridized carbons (Fsp3) is 0.412. The number of amides is 1. The van der Waals surface area contributed by atoms with E-state index in [1.807, 2.05) is 30.3 Å². The minimum absolute atomic E-state index is 0.0408. The molecule has 1 amide bonds. The van der Waals surface area contributed by atoms with Gasteiger partial charge < -0.3 is 5.32 Å². The Morgan fingerprint density at radius 3 is 2.76 bits per heavy atom. The van der Waals surface area contributed by atoms with Gasteiger partial charge in [0.05, 0.1) is 6.07 Å². The number of halogens is 1. The highest BCUT2D eigenvalue weighted by Crippen LogP contribution is 2.36. The van der Waals surface area contributed by atoms with E-state index in [1.165, 1.54) is 0 Å². The van der Waals surface area contributed by atoms with Gasteiger partial charge in [-0.2, -0.15) is 5.26 Å². The van der Waals surface area contributed by atoms with E-state index in [2.05, 4.69) is 33.1 Å². The van der Waals surface area contributed by atoms with E-state index in [0.29, 0.717) is 0 Å². The monoisotopic (exact) mass is 344 g/mol. The SMILES string of the molecule is N#CCNC(=O)C1(C#Cc2cccc(Br)c2)CCCCC1. The third-order valence-electron chi connectivity index (χ3n) is 3.74. The standard InChI is InChI=1S/C17H17BrN2O/c18-15-6-4-5-14(13-15)7-10-17(8-2-1-3-9-17)16(21)20-12-11-19/h4-6,13H,1-3,8-9,12H2,(H,20,21). The Hall–Kier alpha value is -1.78. The average molecular weight is 345 g/mol. The predicted octanol–water partition coefficient (Wildman–Crippen LogP) is 3.39. The van der Waals surface area contributed by atoms with E-state index in [9.17, 15) is 4.79 Å². The number of nitriles is 1. The number of nitrogens with zero attached hydrogens (tertiary/aromatic N) is 1. The summed E-state index contributed by atoms with van der Waals surface area (Å²) in [4.78, 5) is 12.4. The van der Waals surface area contributed by atoms with Crippen molar-refractivity contribution in [2.24, 2.45) is 5.41 Å². The van der Waals surface area contributed by atoms with Crippen molar-refractivity contribution in [1.29, 1.82) is 5.26 Å². The van der Waals surface area contributed by atoms with E-state index >= 15 is 0 Å². The molecule has 4 heteroatoms. The molecule has 1 aromatic carbocycles. The molecule has 21 heavy (non-hydrogen) atoms. The number of nitrogens with one attached hydrogen (secondary N) is 1. The molecule has 3 nitrogen and oxygen atoms in total. The first-order valence-corrected chi connectivity index (χ1v) is 7.90. The molecular weight excluding hydrogens is 328 g/mol. The number of hydrogen-bond donors (Lipinski definition) is 1.